The number of piperazine rings is 1. The van der Waals surface area contributed by atoms with E-state index in [0.29, 0.717) is 24.0 Å². The average molecular weight is 517 g/mol. The Balaban J connectivity index is 1.18. The Morgan fingerprint density at radius 1 is 0.974 bits per heavy atom. The van der Waals surface area contributed by atoms with E-state index in [9.17, 15) is 4.79 Å². The number of amides is 1. The number of nitrogens with one attached hydrogen (secondary N) is 2. The SMILES string of the molecule is CC1(C)CN(c2ccc(Nc3ncc4cc5n(c4n3)CCCCCCCCNC5=O)nc2)CCN1C1CC1. The fourth-order valence-electron chi connectivity index (χ4n) is 6.12. The fourth-order valence-corrected chi connectivity index (χ4v) is 6.12. The van der Waals surface area contributed by atoms with Gasteiger partial charge in [0.15, 0.2) is 0 Å². The molecule has 2 N–H and O–H groups in total. The standard InChI is InChI=1S/C29H40N8O/c1-29(2)20-35(15-16-37(29)22-9-10-22)23-11-12-25(31-19-23)33-28-32-18-21-17-24-27(38)30-13-7-5-3-4-6-8-14-36(24)26(21)34-28/h11-12,17-19,22H,3-10,13-16,20H2,1-2H3,(H,30,38)(H,31,32,33,34). The van der Waals surface area contributed by atoms with E-state index >= 15 is 0 Å². The van der Waals surface area contributed by atoms with Crippen molar-refractivity contribution in [2.75, 3.05) is 36.4 Å². The van der Waals surface area contributed by atoms with Crippen LogP contribution in [0.3, 0.4) is 0 Å². The Morgan fingerprint density at radius 2 is 1.79 bits per heavy atom. The number of carbonyl (C=O) groups is 1. The van der Waals surface area contributed by atoms with E-state index in [4.69, 9.17) is 4.98 Å². The molecule has 1 saturated heterocycles. The second-order valence-corrected chi connectivity index (χ2v) is 11.7. The number of carbonyl (C=O) groups excluding carboxylic acids is 1. The second kappa shape index (κ2) is 10.5. The first-order chi connectivity index (χ1) is 18.5. The van der Waals surface area contributed by atoms with Crippen molar-refractivity contribution in [1.29, 1.82) is 0 Å². The van der Waals surface area contributed by atoms with Crippen LogP contribution in [0.2, 0.25) is 0 Å². The molecule has 1 amide bonds. The Bertz CT molecular complexity index is 1280. The smallest absolute Gasteiger partial charge is 0.267 e. The molecule has 6 rings (SSSR count). The zero-order chi connectivity index (χ0) is 26.1. The molecule has 1 aliphatic carbocycles. The second-order valence-electron chi connectivity index (χ2n) is 11.7. The number of hydrogen-bond donors (Lipinski definition) is 2. The molecule has 3 aliphatic rings. The van der Waals surface area contributed by atoms with E-state index < -0.39 is 0 Å². The third kappa shape index (κ3) is 5.34. The average Bonchev–Trinajstić information content (AvgIpc) is 3.67. The van der Waals surface area contributed by atoms with Gasteiger partial charge in [-0.2, -0.15) is 4.98 Å². The molecule has 0 bridgehead atoms. The molecule has 3 aromatic heterocycles. The van der Waals surface area contributed by atoms with E-state index in [1.54, 1.807) is 6.20 Å². The third-order valence-electron chi connectivity index (χ3n) is 8.27. The Hall–Kier alpha value is -3.20. The van der Waals surface area contributed by atoms with Gasteiger partial charge in [0.1, 0.15) is 17.2 Å². The van der Waals surface area contributed by atoms with Crippen LogP contribution in [0.5, 0.6) is 0 Å². The van der Waals surface area contributed by atoms with Crippen LogP contribution < -0.4 is 15.5 Å². The lowest BCUT2D eigenvalue weighted by Crippen LogP contribution is -2.60. The van der Waals surface area contributed by atoms with Crippen LogP contribution in [0.1, 0.15) is 75.7 Å². The molecular weight excluding hydrogens is 476 g/mol. The number of nitrogens with zero attached hydrogens (tertiary/aromatic N) is 6. The normalized spacial score (nSPS) is 21.3. The number of hydrogen-bond acceptors (Lipinski definition) is 7. The molecule has 0 atom stereocenters. The minimum absolute atomic E-state index is 0.0310. The summed E-state index contributed by atoms with van der Waals surface area (Å²) in [6, 6.07) is 6.83. The van der Waals surface area contributed by atoms with Crippen LogP contribution in [0, 0.1) is 0 Å². The summed E-state index contributed by atoms with van der Waals surface area (Å²) in [6.45, 7) is 9.34. The van der Waals surface area contributed by atoms with Gasteiger partial charge in [-0.25, -0.2) is 9.97 Å². The molecular formula is C29H40N8O. The molecule has 0 aromatic carbocycles. The first kappa shape index (κ1) is 25.1. The van der Waals surface area contributed by atoms with E-state index in [2.05, 4.69) is 54.9 Å². The Labute approximate surface area is 225 Å². The van der Waals surface area contributed by atoms with Crippen LogP contribution in [-0.2, 0) is 6.54 Å². The summed E-state index contributed by atoms with van der Waals surface area (Å²) in [6.07, 6.45) is 13.3. The van der Waals surface area contributed by atoms with Crippen molar-refractivity contribution < 1.29 is 4.79 Å². The van der Waals surface area contributed by atoms with Crippen molar-refractivity contribution in [3.8, 4) is 0 Å². The topological polar surface area (TPSA) is 91.2 Å². The Morgan fingerprint density at radius 3 is 2.55 bits per heavy atom. The van der Waals surface area contributed by atoms with E-state index in [1.807, 2.05) is 18.3 Å². The van der Waals surface area contributed by atoms with Crippen LogP contribution in [0.25, 0.3) is 11.0 Å². The van der Waals surface area contributed by atoms with Gasteiger partial charge < -0.3 is 20.1 Å². The molecule has 0 spiro atoms. The number of fused-ring (bicyclic) bond motifs is 3. The summed E-state index contributed by atoms with van der Waals surface area (Å²) in [5.41, 5.74) is 2.77. The monoisotopic (exact) mass is 516 g/mol. The molecule has 9 heteroatoms. The lowest BCUT2D eigenvalue weighted by atomic mass is 9.98. The van der Waals surface area contributed by atoms with Gasteiger partial charge in [0.05, 0.1) is 11.9 Å². The summed E-state index contributed by atoms with van der Waals surface area (Å²) in [5.74, 6) is 1.17. The Kier molecular flexibility index (Phi) is 6.95. The van der Waals surface area contributed by atoms with Gasteiger partial charge in [-0.15, -0.1) is 0 Å². The van der Waals surface area contributed by atoms with Gasteiger partial charge in [0, 0.05) is 55.9 Å². The maximum Gasteiger partial charge on any atom is 0.267 e. The molecule has 0 radical (unpaired) electrons. The largest absolute Gasteiger partial charge is 0.367 e. The van der Waals surface area contributed by atoms with Gasteiger partial charge >= 0.3 is 0 Å². The number of rotatable bonds is 4. The van der Waals surface area contributed by atoms with Crippen molar-refractivity contribution in [3.05, 3.63) is 36.3 Å². The summed E-state index contributed by atoms with van der Waals surface area (Å²) in [7, 11) is 0. The molecule has 9 nitrogen and oxygen atoms in total. The third-order valence-corrected chi connectivity index (χ3v) is 8.27. The molecule has 1 saturated carbocycles. The first-order valence-electron chi connectivity index (χ1n) is 14.4. The van der Waals surface area contributed by atoms with Gasteiger partial charge in [0.2, 0.25) is 5.95 Å². The van der Waals surface area contributed by atoms with Crippen LogP contribution in [0.4, 0.5) is 17.5 Å². The van der Waals surface area contributed by atoms with Crippen LogP contribution in [0.15, 0.2) is 30.6 Å². The summed E-state index contributed by atoms with van der Waals surface area (Å²) in [5, 5.41) is 7.24. The first-order valence-corrected chi connectivity index (χ1v) is 14.4. The highest BCUT2D eigenvalue weighted by Crippen LogP contribution is 2.36. The number of anilines is 3. The number of aryl methyl sites for hydroxylation is 1. The number of aromatic nitrogens is 4. The predicted octanol–water partition coefficient (Wildman–Crippen LogP) is 4.72. The highest BCUT2D eigenvalue weighted by molar-refractivity contribution is 5.98. The van der Waals surface area contributed by atoms with Crippen LogP contribution in [-0.4, -0.2) is 68.1 Å². The van der Waals surface area contributed by atoms with E-state index in [1.165, 1.54) is 38.5 Å². The lowest BCUT2D eigenvalue weighted by molar-refractivity contribution is 0.0942. The molecule has 2 aliphatic heterocycles. The molecule has 38 heavy (non-hydrogen) atoms. The molecule has 202 valence electrons. The molecule has 0 unspecified atom stereocenters. The van der Waals surface area contributed by atoms with Crippen LogP contribution >= 0.6 is 0 Å². The van der Waals surface area contributed by atoms with Gasteiger partial charge in [0.25, 0.3) is 5.91 Å². The minimum Gasteiger partial charge on any atom is -0.367 e. The summed E-state index contributed by atoms with van der Waals surface area (Å²) >= 11 is 0. The van der Waals surface area contributed by atoms with Crippen molar-refractivity contribution in [2.45, 2.75) is 83.3 Å². The quantitative estimate of drug-likeness (QED) is 0.519. The van der Waals surface area contributed by atoms with E-state index in [-0.39, 0.29) is 11.4 Å². The van der Waals surface area contributed by atoms with Crippen molar-refractivity contribution in [2.24, 2.45) is 0 Å². The van der Waals surface area contributed by atoms with Crippen molar-refractivity contribution in [1.82, 2.24) is 29.7 Å². The molecule has 5 heterocycles. The predicted molar refractivity (Wildman–Crippen MR) is 151 cm³/mol. The van der Waals surface area contributed by atoms with Crippen molar-refractivity contribution >= 4 is 34.4 Å². The number of pyridine rings is 1. The van der Waals surface area contributed by atoms with Gasteiger partial charge in [-0.05, 0) is 57.7 Å². The van der Waals surface area contributed by atoms with Crippen molar-refractivity contribution in [3.63, 3.8) is 0 Å². The maximum absolute atomic E-state index is 12.9. The molecule has 3 aromatic rings. The minimum atomic E-state index is -0.0310. The maximum atomic E-state index is 12.9. The van der Waals surface area contributed by atoms with Gasteiger partial charge in [-0.1, -0.05) is 25.7 Å². The summed E-state index contributed by atoms with van der Waals surface area (Å²) in [4.78, 5) is 32.1. The van der Waals surface area contributed by atoms with Gasteiger partial charge in [-0.3, -0.25) is 9.69 Å². The molecule has 2 fully saturated rings. The zero-order valence-electron chi connectivity index (χ0n) is 22.7. The zero-order valence-corrected chi connectivity index (χ0v) is 22.7. The highest BCUT2D eigenvalue weighted by atomic mass is 16.1. The lowest BCUT2D eigenvalue weighted by Gasteiger charge is -2.48. The summed E-state index contributed by atoms with van der Waals surface area (Å²) < 4.78 is 2.05. The highest BCUT2D eigenvalue weighted by Gasteiger charge is 2.42. The van der Waals surface area contributed by atoms with E-state index in [0.717, 1.165) is 61.8 Å². The fraction of sp³-hybridized carbons (Fsp3) is 0.586.